The number of benzene rings is 1. The maximum absolute atomic E-state index is 11.0. The molecular weight excluding hydrogens is 240 g/mol. The number of methoxy groups -OCH3 is 1. The lowest BCUT2D eigenvalue weighted by molar-refractivity contribution is -0.140. The Kier molecular flexibility index (Phi) is 4.80. The summed E-state index contributed by atoms with van der Waals surface area (Å²) in [4.78, 5) is 12.8. The fraction of sp³-hybridized carbons (Fsp3) is 0.333. The van der Waals surface area contributed by atoms with Gasteiger partial charge < -0.3 is 9.64 Å². The number of hydrogen-bond acceptors (Lipinski definition) is 4. The lowest BCUT2D eigenvalue weighted by atomic mass is 10.1. The van der Waals surface area contributed by atoms with Gasteiger partial charge >= 0.3 is 5.97 Å². The zero-order valence-corrected chi connectivity index (χ0v) is 10.5. The first-order valence-corrected chi connectivity index (χ1v) is 5.44. The summed E-state index contributed by atoms with van der Waals surface area (Å²) in [6.45, 7) is 0.474. The van der Waals surface area contributed by atoms with E-state index in [4.69, 9.17) is 16.9 Å². The van der Waals surface area contributed by atoms with E-state index in [1.807, 2.05) is 0 Å². The van der Waals surface area contributed by atoms with E-state index in [0.717, 1.165) is 0 Å². The van der Waals surface area contributed by atoms with Crippen LogP contribution in [0.2, 0.25) is 5.02 Å². The zero-order chi connectivity index (χ0) is 12.8. The van der Waals surface area contributed by atoms with Gasteiger partial charge in [0.2, 0.25) is 0 Å². The summed E-state index contributed by atoms with van der Waals surface area (Å²) in [5.74, 6) is -0.280. The first-order valence-electron chi connectivity index (χ1n) is 5.06. The molecule has 1 aromatic carbocycles. The van der Waals surface area contributed by atoms with Gasteiger partial charge in [-0.1, -0.05) is 17.7 Å². The van der Waals surface area contributed by atoms with E-state index in [9.17, 15) is 4.79 Å². The fourth-order valence-electron chi connectivity index (χ4n) is 1.42. The highest BCUT2D eigenvalue weighted by molar-refractivity contribution is 6.32. The van der Waals surface area contributed by atoms with Crippen molar-refractivity contribution < 1.29 is 9.53 Å². The topological polar surface area (TPSA) is 53.3 Å². The summed E-state index contributed by atoms with van der Waals surface area (Å²) < 4.78 is 4.56. The molecule has 0 N–H and O–H groups in total. The van der Waals surface area contributed by atoms with Gasteiger partial charge in [0.25, 0.3) is 0 Å². The predicted octanol–water partition coefficient (Wildman–Crippen LogP) is 2.21. The van der Waals surface area contributed by atoms with Crippen LogP contribution in [0.15, 0.2) is 18.2 Å². The number of halogens is 1. The molecule has 0 saturated carbocycles. The largest absolute Gasteiger partial charge is 0.469 e. The summed E-state index contributed by atoms with van der Waals surface area (Å²) in [5, 5.41) is 9.43. The van der Waals surface area contributed by atoms with Crippen LogP contribution >= 0.6 is 11.6 Å². The van der Waals surface area contributed by atoms with Gasteiger partial charge in [0, 0.05) is 13.6 Å². The van der Waals surface area contributed by atoms with Crippen molar-refractivity contribution in [1.82, 2.24) is 0 Å². The van der Waals surface area contributed by atoms with Crippen molar-refractivity contribution in [2.45, 2.75) is 6.42 Å². The van der Waals surface area contributed by atoms with Gasteiger partial charge in [-0.15, -0.1) is 0 Å². The fourth-order valence-corrected chi connectivity index (χ4v) is 1.63. The maximum Gasteiger partial charge on any atom is 0.307 e. The summed E-state index contributed by atoms with van der Waals surface area (Å²) in [7, 11) is 3.15. The molecule has 0 atom stereocenters. The molecule has 5 heteroatoms. The number of nitrogens with zero attached hydrogens (tertiary/aromatic N) is 2. The normalized spacial score (nSPS) is 9.53. The quantitative estimate of drug-likeness (QED) is 0.771. The van der Waals surface area contributed by atoms with Crippen molar-refractivity contribution >= 4 is 23.3 Å². The third kappa shape index (κ3) is 3.36. The summed E-state index contributed by atoms with van der Waals surface area (Å²) in [5.41, 5.74) is 1.13. The van der Waals surface area contributed by atoms with Crippen molar-refractivity contribution in [3.8, 4) is 6.07 Å². The van der Waals surface area contributed by atoms with E-state index >= 15 is 0 Å². The molecule has 90 valence electrons. The number of ether oxygens (including phenoxy) is 1. The molecule has 0 fully saturated rings. The van der Waals surface area contributed by atoms with Crippen LogP contribution in [-0.2, 0) is 9.53 Å². The van der Waals surface area contributed by atoms with Gasteiger partial charge in [-0.05, 0) is 12.1 Å². The van der Waals surface area contributed by atoms with Crippen LogP contribution in [0.1, 0.15) is 12.0 Å². The number of esters is 1. The summed E-state index contributed by atoms with van der Waals surface area (Å²) in [6.07, 6.45) is 0.268. The van der Waals surface area contributed by atoms with Crippen molar-refractivity contribution in [2.75, 3.05) is 25.6 Å². The Morgan fingerprint density at radius 3 is 2.88 bits per heavy atom. The van der Waals surface area contributed by atoms with Crippen LogP contribution in [0.3, 0.4) is 0 Å². The summed E-state index contributed by atoms with van der Waals surface area (Å²) >= 11 is 5.92. The number of hydrogen-bond donors (Lipinski definition) is 0. The molecule has 0 bridgehead atoms. The molecule has 17 heavy (non-hydrogen) atoms. The van der Waals surface area contributed by atoms with Crippen molar-refractivity contribution in [3.63, 3.8) is 0 Å². The van der Waals surface area contributed by atoms with E-state index in [1.165, 1.54) is 7.11 Å². The van der Waals surface area contributed by atoms with Crippen LogP contribution in [0, 0.1) is 11.3 Å². The lowest BCUT2D eigenvalue weighted by Gasteiger charge is -2.20. The first kappa shape index (κ1) is 13.3. The maximum atomic E-state index is 11.0. The Balaban J connectivity index is 2.82. The Morgan fingerprint density at radius 2 is 2.29 bits per heavy atom. The van der Waals surface area contributed by atoms with Gasteiger partial charge in [0.15, 0.2) is 0 Å². The van der Waals surface area contributed by atoms with Crippen molar-refractivity contribution in [3.05, 3.63) is 28.8 Å². The third-order valence-corrected chi connectivity index (χ3v) is 2.71. The number of carbonyl (C=O) groups is 1. The molecule has 0 saturated heterocycles. The zero-order valence-electron chi connectivity index (χ0n) is 9.74. The molecule has 0 amide bonds. The molecule has 0 heterocycles. The molecule has 0 radical (unpaired) electrons. The van der Waals surface area contributed by atoms with Gasteiger partial charge in [0.1, 0.15) is 6.07 Å². The highest BCUT2D eigenvalue weighted by Crippen LogP contribution is 2.25. The average Bonchev–Trinajstić information content (AvgIpc) is 2.35. The van der Waals surface area contributed by atoms with E-state index in [0.29, 0.717) is 22.8 Å². The van der Waals surface area contributed by atoms with E-state index < -0.39 is 0 Å². The summed E-state index contributed by atoms with van der Waals surface area (Å²) in [6, 6.07) is 7.29. The van der Waals surface area contributed by atoms with E-state index in [2.05, 4.69) is 10.8 Å². The van der Waals surface area contributed by atoms with Gasteiger partial charge in [-0.25, -0.2) is 0 Å². The lowest BCUT2D eigenvalue weighted by Crippen LogP contribution is -2.22. The van der Waals surface area contributed by atoms with Crippen molar-refractivity contribution in [2.24, 2.45) is 0 Å². The number of anilines is 1. The second-order valence-electron chi connectivity index (χ2n) is 3.49. The minimum absolute atomic E-state index is 0.268. The van der Waals surface area contributed by atoms with Crippen LogP contribution < -0.4 is 4.90 Å². The molecule has 1 rings (SSSR count). The van der Waals surface area contributed by atoms with Crippen LogP contribution in [-0.4, -0.2) is 26.7 Å². The molecule has 4 nitrogen and oxygen atoms in total. The van der Waals surface area contributed by atoms with Gasteiger partial charge in [-0.3, -0.25) is 4.79 Å². The van der Waals surface area contributed by atoms with E-state index in [-0.39, 0.29) is 12.4 Å². The standard InChI is InChI=1S/C12H13ClN2O2/c1-15(7-6-12(16)17-2)11-5-3-4-10(13)9(11)8-14/h3-5H,6-7H2,1-2H3. The SMILES string of the molecule is COC(=O)CCN(C)c1cccc(Cl)c1C#N. The van der Waals surface area contributed by atoms with Crippen LogP contribution in [0.5, 0.6) is 0 Å². The van der Waals surface area contributed by atoms with Gasteiger partial charge in [0.05, 0.1) is 29.8 Å². The minimum Gasteiger partial charge on any atom is -0.469 e. The first-order chi connectivity index (χ1) is 8.10. The monoisotopic (exact) mass is 252 g/mol. The Hall–Kier alpha value is -1.73. The molecule has 0 aliphatic rings. The second kappa shape index (κ2) is 6.12. The smallest absolute Gasteiger partial charge is 0.307 e. The molecule has 0 aliphatic carbocycles. The molecule has 0 spiro atoms. The third-order valence-electron chi connectivity index (χ3n) is 2.39. The average molecular weight is 253 g/mol. The Morgan fingerprint density at radius 1 is 1.59 bits per heavy atom. The highest BCUT2D eigenvalue weighted by Gasteiger charge is 2.11. The molecule has 0 unspecified atom stereocenters. The van der Waals surface area contributed by atoms with E-state index in [1.54, 1.807) is 30.1 Å². The number of nitriles is 1. The van der Waals surface area contributed by atoms with Crippen molar-refractivity contribution in [1.29, 1.82) is 5.26 Å². The highest BCUT2D eigenvalue weighted by atomic mass is 35.5. The Labute approximate surface area is 105 Å². The minimum atomic E-state index is -0.280. The van der Waals surface area contributed by atoms with Crippen LogP contribution in [0.25, 0.3) is 0 Å². The second-order valence-corrected chi connectivity index (χ2v) is 3.90. The molecule has 0 aliphatic heterocycles. The molecular formula is C12H13ClN2O2. The number of rotatable bonds is 4. The van der Waals surface area contributed by atoms with Crippen LogP contribution in [0.4, 0.5) is 5.69 Å². The Bertz CT molecular complexity index is 454. The molecule has 0 aromatic heterocycles. The molecule has 1 aromatic rings. The predicted molar refractivity (Wildman–Crippen MR) is 66.1 cm³/mol. The number of carbonyl (C=O) groups excluding carboxylic acids is 1. The van der Waals surface area contributed by atoms with Gasteiger partial charge in [-0.2, -0.15) is 5.26 Å².